The van der Waals surface area contributed by atoms with E-state index in [1.165, 1.54) is 11.3 Å². The number of hydrogen-bond donors (Lipinski definition) is 1. The lowest BCUT2D eigenvalue weighted by Crippen LogP contribution is -2.52. The lowest BCUT2D eigenvalue weighted by molar-refractivity contribution is 0.134. The lowest BCUT2D eigenvalue weighted by Gasteiger charge is -2.35. The highest BCUT2D eigenvalue weighted by molar-refractivity contribution is 5.74. The molecule has 2 aromatic carbocycles. The van der Waals surface area contributed by atoms with Gasteiger partial charge < -0.3 is 19.9 Å². The Morgan fingerprint density at radius 3 is 2.60 bits per heavy atom. The maximum atomic E-state index is 12.6. The minimum Gasteiger partial charge on any atom is -0.497 e. The van der Waals surface area contributed by atoms with Crippen LogP contribution in [0.3, 0.4) is 0 Å². The predicted octanol–water partition coefficient (Wildman–Crippen LogP) is 3.05. The molecule has 2 aliphatic heterocycles. The number of benzene rings is 2. The van der Waals surface area contributed by atoms with E-state index in [2.05, 4.69) is 51.5 Å². The Kier molecular flexibility index (Phi) is 6.74. The molecule has 2 aromatic rings. The highest BCUT2D eigenvalue weighted by Gasteiger charge is 2.25. The van der Waals surface area contributed by atoms with Crippen molar-refractivity contribution in [2.24, 2.45) is 5.92 Å². The van der Waals surface area contributed by atoms with Gasteiger partial charge in [0, 0.05) is 64.1 Å². The number of nitrogens with zero attached hydrogens (tertiary/aromatic N) is 3. The molecule has 2 saturated heterocycles. The molecule has 0 aliphatic carbocycles. The van der Waals surface area contributed by atoms with Gasteiger partial charge in [0.05, 0.1) is 7.11 Å². The second-order valence-electron chi connectivity index (χ2n) is 8.24. The normalized spacial score (nSPS) is 19.7. The van der Waals surface area contributed by atoms with Gasteiger partial charge in [0.25, 0.3) is 0 Å². The molecule has 0 aromatic heterocycles. The zero-order valence-electron chi connectivity index (χ0n) is 17.8. The van der Waals surface area contributed by atoms with Crippen LogP contribution in [-0.4, -0.2) is 68.8 Å². The van der Waals surface area contributed by atoms with Crippen molar-refractivity contribution in [3.63, 3.8) is 0 Å². The molecule has 160 valence electrons. The molecule has 0 spiro atoms. The Morgan fingerprint density at radius 2 is 1.83 bits per heavy atom. The van der Waals surface area contributed by atoms with Crippen LogP contribution < -0.4 is 15.0 Å². The summed E-state index contributed by atoms with van der Waals surface area (Å²) < 4.78 is 5.34. The summed E-state index contributed by atoms with van der Waals surface area (Å²) in [6, 6.07) is 18.8. The molecule has 6 heteroatoms. The van der Waals surface area contributed by atoms with Crippen LogP contribution in [-0.2, 0) is 6.54 Å². The quantitative estimate of drug-likeness (QED) is 0.798. The van der Waals surface area contributed by atoms with Gasteiger partial charge in [-0.25, -0.2) is 4.79 Å². The first-order valence-electron chi connectivity index (χ1n) is 10.9. The predicted molar refractivity (Wildman–Crippen MR) is 120 cm³/mol. The molecule has 2 aliphatic rings. The summed E-state index contributed by atoms with van der Waals surface area (Å²) >= 11 is 0. The number of anilines is 1. The van der Waals surface area contributed by atoms with E-state index in [-0.39, 0.29) is 6.03 Å². The number of carbonyl (C=O) groups is 1. The number of carbonyl (C=O) groups excluding carboxylic acids is 1. The molecule has 2 amide bonds. The van der Waals surface area contributed by atoms with Crippen molar-refractivity contribution in [3.05, 3.63) is 60.2 Å². The van der Waals surface area contributed by atoms with Gasteiger partial charge in [-0.15, -0.1) is 0 Å². The Balaban J connectivity index is 1.18. The SMILES string of the molecule is COc1cccc(N2CCC(CNC(=O)N3CCN(Cc4ccccc4)CC3)C2)c1. The molecule has 2 fully saturated rings. The molecule has 0 saturated carbocycles. The fourth-order valence-electron chi connectivity index (χ4n) is 4.34. The van der Waals surface area contributed by atoms with Gasteiger partial charge in [0.15, 0.2) is 0 Å². The highest BCUT2D eigenvalue weighted by atomic mass is 16.5. The standard InChI is InChI=1S/C24H32N4O2/c1-30-23-9-5-8-22(16-23)28-11-10-21(19-28)17-25-24(29)27-14-12-26(13-15-27)18-20-6-3-2-4-7-20/h2-9,16,21H,10-15,17-19H2,1H3,(H,25,29). The number of nitrogens with one attached hydrogen (secondary N) is 1. The van der Waals surface area contributed by atoms with Crippen molar-refractivity contribution in [1.29, 1.82) is 0 Å². The first-order chi connectivity index (χ1) is 14.7. The fraction of sp³-hybridized carbons (Fsp3) is 0.458. The second-order valence-corrected chi connectivity index (χ2v) is 8.24. The largest absolute Gasteiger partial charge is 0.497 e. The molecule has 4 rings (SSSR count). The topological polar surface area (TPSA) is 48.1 Å². The third kappa shape index (κ3) is 5.25. The minimum absolute atomic E-state index is 0.0780. The summed E-state index contributed by atoms with van der Waals surface area (Å²) in [7, 11) is 1.70. The van der Waals surface area contributed by atoms with Crippen LogP contribution in [0.2, 0.25) is 0 Å². The second kappa shape index (κ2) is 9.85. The summed E-state index contributed by atoms with van der Waals surface area (Å²) in [5.74, 6) is 1.37. The zero-order valence-corrected chi connectivity index (χ0v) is 17.8. The molecule has 1 N–H and O–H groups in total. The van der Waals surface area contributed by atoms with E-state index < -0.39 is 0 Å². The van der Waals surface area contributed by atoms with Gasteiger partial charge in [-0.1, -0.05) is 36.4 Å². The van der Waals surface area contributed by atoms with Crippen molar-refractivity contribution >= 4 is 11.7 Å². The maximum absolute atomic E-state index is 12.6. The molecule has 0 bridgehead atoms. The molecule has 0 radical (unpaired) electrons. The number of urea groups is 1. The average molecular weight is 409 g/mol. The molecule has 2 heterocycles. The van der Waals surface area contributed by atoms with Gasteiger partial charge in [0.1, 0.15) is 5.75 Å². The molecular formula is C24H32N4O2. The third-order valence-corrected chi connectivity index (χ3v) is 6.15. The van der Waals surface area contributed by atoms with E-state index in [1.807, 2.05) is 23.1 Å². The van der Waals surface area contributed by atoms with Crippen LogP contribution in [0.4, 0.5) is 10.5 Å². The van der Waals surface area contributed by atoms with E-state index in [0.29, 0.717) is 5.92 Å². The van der Waals surface area contributed by atoms with Crippen molar-refractivity contribution in [2.75, 3.05) is 57.8 Å². The van der Waals surface area contributed by atoms with Gasteiger partial charge >= 0.3 is 6.03 Å². The van der Waals surface area contributed by atoms with Gasteiger partial charge in [0.2, 0.25) is 0 Å². The molecule has 30 heavy (non-hydrogen) atoms. The van der Waals surface area contributed by atoms with Crippen molar-refractivity contribution < 1.29 is 9.53 Å². The Labute approximate surface area is 179 Å². The van der Waals surface area contributed by atoms with Crippen LogP contribution in [0.25, 0.3) is 0 Å². The molecule has 1 atom stereocenters. The number of ether oxygens (including phenoxy) is 1. The fourth-order valence-corrected chi connectivity index (χ4v) is 4.34. The summed E-state index contributed by atoms with van der Waals surface area (Å²) in [6.07, 6.45) is 1.10. The van der Waals surface area contributed by atoms with E-state index in [0.717, 1.165) is 64.5 Å². The number of hydrogen-bond acceptors (Lipinski definition) is 4. The van der Waals surface area contributed by atoms with E-state index in [9.17, 15) is 4.79 Å². The Hall–Kier alpha value is -2.73. The van der Waals surface area contributed by atoms with Crippen LogP contribution in [0.1, 0.15) is 12.0 Å². The summed E-state index contributed by atoms with van der Waals surface area (Å²) in [6.45, 7) is 7.12. The van der Waals surface area contributed by atoms with Crippen LogP contribution in [0, 0.1) is 5.92 Å². The summed E-state index contributed by atoms with van der Waals surface area (Å²) in [5, 5.41) is 3.17. The average Bonchev–Trinajstić information content (AvgIpc) is 3.28. The number of piperazine rings is 1. The van der Waals surface area contributed by atoms with Gasteiger partial charge in [-0.05, 0) is 30.0 Å². The summed E-state index contributed by atoms with van der Waals surface area (Å²) in [4.78, 5) is 19.4. The summed E-state index contributed by atoms with van der Waals surface area (Å²) in [5.41, 5.74) is 2.52. The number of rotatable bonds is 6. The third-order valence-electron chi connectivity index (χ3n) is 6.15. The van der Waals surface area contributed by atoms with E-state index >= 15 is 0 Å². The molecule has 6 nitrogen and oxygen atoms in total. The van der Waals surface area contributed by atoms with Crippen LogP contribution >= 0.6 is 0 Å². The van der Waals surface area contributed by atoms with Crippen LogP contribution in [0.15, 0.2) is 54.6 Å². The van der Waals surface area contributed by atoms with E-state index in [1.54, 1.807) is 7.11 Å². The van der Waals surface area contributed by atoms with Gasteiger partial charge in [-0.2, -0.15) is 0 Å². The Morgan fingerprint density at radius 1 is 1.03 bits per heavy atom. The maximum Gasteiger partial charge on any atom is 0.317 e. The minimum atomic E-state index is 0.0780. The monoisotopic (exact) mass is 408 g/mol. The number of methoxy groups -OCH3 is 1. The van der Waals surface area contributed by atoms with Crippen molar-refractivity contribution in [2.45, 2.75) is 13.0 Å². The van der Waals surface area contributed by atoms with Crippen molar-refractivity contribution in [1.82, 2.24) is 15.1 Å². The first kappa shape index (κ1) is 20.5. The van der Waals surface area contributed by atoms with Crippen molar-refractivity contribution in [3.8, 4) is 5.75 Å². The molecule has 1 unspecified atom stereocenters. The number of amides is 2. The highest BCUT2D eigenvalue weighted by Crippen LogP contribution is 2.26. The lowest BCUT2D eigenvalue weighted by atomic mass is 10.1. The zero-order chi connectivity index (χ0) is 20.8. The Bertz CT molecular complexity index is 821. The van der Waals surface area contributed by atoms with Crippen LogP contribution in [0.5, 0.6) is 5.75 Å². The molecular weight excluding hydrogens is 376 g/mol. The van der Waals surface area contributed by atoms with E-state index in [4.69, 9.17) is 4.74 Å². The smallest absolute Gasteiger partial charge is 0.317 e. The van der Waals surface area contributed by atoms with Gasteiger partial charge in [-0.3, -0.25) is 4.90 Å². The first-order valence-corrected chi connectivity index (χ1v) is 10.9.